The van der Waals surface area contributed by atoms with Crippen LogP contribution in [0.15, 0.2) is 42.5 Å². The Balaban J connectivity index is 1.62. The van der Waals surface area contributed by atoms with Crippen LogP contribution in [0.4, 0.5) is 11.4 Å². The number of phenolic OH excluding ortho intramolecular Hbond substituents is 1. The molecule has 0 spiro atoms. The lowest BCUT2D eigenvalue weighted by molar-refractivity contribution is 0.355. The molecule has 0 amide bonds. The van der Waals surface area contributed by atoms with Crippen molar-refractivity contribution in [2.45, 2.75) is 18.9 Å². The molecule has 128 valence electrons. The Hall–Kier alpha value is -2.56. The van der Waals surface area contributed by atoms with E-state index < -0.39 is 0 Å². The van der Waals surface area contributed by atoms with E-state index in [9.17, 15) is 5.11 Å². The molecule has 0 unspecified atom stereocenters. The summed E-state index contributed by atoms with van der Waals surface area (Å²) in [5.74, 6) is 1.80. The smallest absolute Gasteiger partial charge is 0.183 e. The Morgan fingerprint density at radius 3 is 2.33 bits per heavy atom. The molecule has 0 aliphatic carbocycles. The van der Waals surface area contributed by atoms with Gasteiger partial charge in [-0.2, -0.15) is 0 Å². The molecule has 1 fully saturated rings. The van der Waals surface area contributed by atoms with Crippen LogP contribution in [0.1, 0.15) is 12.8 Å². The highest BCUT2D eigenvalue weighted by molar-refractivity contribution is 5.63. The summed E-state index contributed by atoms with van der Waals surface area (Å²) in [5.41, 5.74) is 2.13. The summed E-state index contributed by atoms with van der Waals surface area (Å²) in [6.45, 7) is 1.96. The summed E-state index contributed by atoms with van der Waals surface area (Å²) >= 11 is 0. The van der Waals surface area contributed by atoms with Gasteiger partial charge >= 0.3 is 0 Å². The number of anilines is 2. The number of para-hydroxylation sites is 1. The summed E-state index contributed by atoms with van der Waals surface area (Å²) in [4.78, 5) is 2.35. The lowest BCUT2D eigenvalue weighted by Gasteiger charge is -2.34. The van der Waals surface area contributed by atoms with Crippen molar-refractivity contribution in [3.05, 3.63) is 42.5 Å². The first kappa shape index (κ1) is 16.3. The zero-order chi connectivity index (χ0) is 16.9. The minimum absolute atomic E-state index is 0.306. The molecule has 0 saturated carbocycles. The van der Waals surface area contributed by atoms with Crippen molar-refractivity contribution >= 4 is 11.4 Å². The summed E-state index contributed by atoms with van der Waals surface area (Å²) in [5, 5.41) is 13.0. The van der Waals surface area contributed by atoms with Crippen LogP contribution in [0.25, 0.3) is 0 Å². The maximum atomic E-state index is 9.40. The van der Waals surface area contributed by atoms with E-state index in [-0.39, 0.29) is 0 Å². The van der Waals surface area contributed by atoms with Crippen LogP contribution in [-0.2, 0) is 0 Å². The molecule has 0 bridgehead atoms. The van der Waals surface area contributed by atoms with Crippen LogP contribution in [-0.4, -0.2) is 38.5 Å². The van der Waals surface area contributed by atoms with E-state index in [0.717, 1.165) is 48.8 Å². The SMILES string of the molecule is COc1cccc(NC2CCN(c3ccc(O)cc3)CC2)c1OC. The average Bonchev–Trinajstić information content (AvgIpc) is 2.63. The van der Waals surface area contributed by atoms with Crippen LogP contribution in [0, 0.1) is 0 Å². The van der Waals surface area contributed by atoms with Gasteiger partial charge in [-0.25, -0.2) is 0 Å². The van der Waals surface area contributed by atoms with Gasteiger partial charge in [0, 0.05) is 24.8 Å². The maximum absolute atomic E-state index is 9.40. The molecule has 5 heteroatoms. The molecule has 1 saturated heterocycles. The number of nitrogens with one attached hydrogen (secondary N) is 1. The van der Waals surface area contributed by atoms with E-state index >= 15 is 0 Å². The number of hydrogen-bond acceptors (Lipinski definition) is 5. The normalized spacial score (nSPS) is 15.2. The molecule has 0 atom stereocenters. The van der Waals surface area contributed by atoms with Gasteiger partial charge in [-0.1, -0.05) is 6.07 Å². The molecule has 24 heavy (non-hydrogen) atoms. The van der Waals surface area contributed by atoms with Crippen LogP contribution in [0.5, 0.6) is 17.2 Å². The van der Waals surface area contributed by atoms with Gasteiger partial charge in [0.05, 0.1) is 19.9 Å². The molecule has 1 aliphatic rings. The third kappa shape index (κ3) is 3.50. The number of piperidine rings is 1. The summed E-state index contributed by atoms with van der Waals surface area (Å²) < 4.78 is 10.8. The van der Waals surface area contributed by atoms with E-state index in [2.05, 4.69) is 10.2 Å². The molecule has 0 aromatic heterocycles. The quantitative estimate of drug-likeness (QED) is 0.880. The van der Waals surface area contributed by atoms with Crippen molar-refractivity contribution in [3.63, 3.8) is 0 Å². The zero-order valence-electron chi connectivity index (χ0n) is 14.2. The van der Waals surface area contributed by atoms with Gasteiger partial charge < -0.3 is 24.8 Å². The monoisotopic (exact) mass is 328 g/mol. The molecular formula is C19H24N2O3. The predicted molar refractivity (Wildman–Crippen MR) is 96.5 cm³/mol. The van der Waals surface area contributed by atoms with Gasteiger partial charge in [0.15, 0.2) is 11.5 Å². The molecule has 1 aliphatic heterocycles. The topological polar surface area (TPSA) is 54.0 Å². The number of hydrogen-bond donors (Lipinski definition) is 2. The average molecular weight is 328 g/mol. The number of ether oxygens (including phenoxy) is 2. The second kappa shape index (κ2) is 7.34. The number of nitrogens with zero attached hydrogens (tertiary/aromatic N) is 1. The van der Waals surface area contributed by atoms with Gasteiger partial charge in [0.25, 0.3) is 0 Å². The van der Waals surface area contributed by atoms with E-state index in [1.54, 1.807) is 26.4 Å². The molecule has 2 N–H and O–H groups in total. The summed E-state index contributed by atoms with van der Waals surface area (Å²) in [7, 11) is 3.31. The standard InChI is InChI=1S/C19H24N2O3/c1-23-18-5-3-4-17(19(18)24-2)20-14-10-12-21(13-11-14)15-6-8-16(22)9-7-15/h3-9,14,20,22H,10-13H2,1-2H3. The van der Waals surface area contributed by atoms with Crippen molar-refractivity contribution in [1.29, 1.82) is 0 Å². The van der Waals surface area contributed by atoms with Crippen molar-refractivity contribution in [1.82, 2.24) is 0 Å². The third-order valence-electron chi connectivity index (χ3n) is 4.47. The van der Waals surface area contributed by atoms with Crippen molar-refractivity contribution in [3.8, 4) is 17.2 Å². The lowest BCUT2D eigenvalue weighted by atomic mass is 10.0. The van der Waals surface area contributed by atoms with Gasteiger partial charge in [-0.3, -0.25) is 0 Å². The second-order valence-electron chi connectivity index (χ2n) is 5.96. The van der Waals surface area contributed by atoms with Crippen molar-refractivity contribution in [2.75, 3.05) is 37.5 Å². The molecule has 3 rings (SSSR count). The zero-order valence-corrected chi connectivity index (χ0v) is 14.2. The lowest BCUT2D eigenvalue weighted by Crippen LogP contribution is -2.39. The van der Waals surface area contributed by atoms with E-state index in [1.165, 1.54) is 0 Å². The summed E-state index contributed by atoms with van der Waals surface area (Å²) in [6, 6.07) is 13.7. The first-order valence-corrected chi connectivity index (χ1v) is 8.22. The van der Waals surface area contributed by atoms with E-state index in [4.69, 9.17) is 9.47 Å². The first-order valence-electron chi connectivity index (χ1n) is 8.22. The largest absolute Gasteiger partial charge is 0.508 e. The van der Waals surface area contributed by atoms with Crippen LogP contribution >= 0.6 is 0 Å². The van der Waals surface area contributed by atoms with E-state index in [0.29, 0.717) is 11.8 Å². The molecule has 2 aromatic carbocycles. The Kier molecular flexibility index (Phi) is 4.99. The minimum Gasteiger partial charge on any atom is -0.508 e. The molecule has 1 heterocycles. The molecule has 2 aromatic rings. The fraction of sp³-hybridized carbons (Fsp3) is 0.368. The number of benzene rings is 2. The number of methoxy groups -OCH3 is 2. The van der Waals surface area contributed by atoms with E-state index in [1.807, 2.05) is 30.3 Å². The van der Waals surface area contributed by atoms with Crippen LogP contribution in [0.2, 0.25) is 0 Å². The predicted octanol–water partition coefficient (Wildman–Crippen LogP) is 3.49. The maximum Gasteiger partial charge on any atom is 0.183 e. The highest BCUT2D eigenvalue weighted by atomic mass is 16.5. The Bertz CT molecular complexity index is 665. The first-order chi connectivity index (χ1) is 11.7. The van der Waals surface area contributed by atoms with Gasteiger partial charge in [0.2, 0.25) is 0 Å². The van der Waals surface area contributed by atoms with Gasteiger partial charge in [-0.05, 0) is 49.2 Å². The molecule has 5 nitrogen and oxygen atoms in total. The fourth-order valence-corrected chi connectivity index (χ4v) is 3.17. The second-order valence-corrected chi connectivity index (χ2v) is 5.96. The third-order valence-corrected chi connectivity index (χ3v) is 4.47. The van der Waals surface area contributed by atoms with Crippen LogP contribution < -0.4 is 19.7 Å². The van der Waals surface area contributed by atoms with Crippen molar-refractivity contribution < 1.29 is 14.6 Å². The Morgan fingerprint density at radius 2 is 1.71 bits per heavy atom. The molecule has 0 radical (unpaired) electrons. The summed E-state index contributed by atoms with van der Waals surface area (Å²) in [6.07, 6.45) is 2.09. The highest BCUT2D eigenvalue weighted by Crippen LogP contribution is 2.36. The minimum atomic E-state index is 0.306. The Labute approximate surface area is 142 Å². The van der Waals surface area contributed by atoms with Crippen LogP contribution in [0.3, 0.4) is 0 Å². The Morgan fingerprint density at radius 1 is 1.00 bits per heavy atom. The number of rotatable bonds is 5. The number of phenols is 1. The fourth-order valence-electron chi connectivity index (χ4n) is 3.17. The highest BCUT2D eigenvalue weighted by Gasteiger charge is 2.21. The molecular weight excluding hydrogens is 304 g/mol. The number of aromatic hydroxyl groups is 1. The van der Waals surface area contributed by atoms with Crippen molar-refractivity contribution in [2.24, 2.45) is 0 Å². The van der Waals surface area contributed by atoms with Gasteiger partial charge in [-0.15, -0.1) is 0 Å². The van der Waals surface area contributed by atoms with Gasteiger partial charge in [0.1, 0.15) is 5.75 Å².